The van der Waals surface area contributed by atoms with Crippen molar-refractivity contribution in [2.45, 2.75) is 40.2 Å². The predicted octanol–water partition coefficient (Wildman–Crippen LogP) is 3.91. The summed E-state index contributed by atoms with van der Waals surface area (Å²) in [5.41, 5.74) is 0.409. The molecule has 0 amide bonds. The fourth-order valence-electron chi connectivity index (χ4n) is 2.93. The Labute approximate surface area is 148 Å². The van der Waals surface area contributed by atoms with Gasteiger partial charge in [-0.05, 0) is 36.8 Å². The molecule has 0 bridgehead atoms. The lowest BCUT2D eigenvalue weighted by Gasteiger charge is -2.37. The van der Waals surface area contributed by atoms with Gasteiger partial charge in [0.05, 0.1) is 10.9 Å². The normalized spacial score (nSPS) is 18.8. The molecule has 0 N–H and O–H groups in total. The molecule has 0 aromatic carbocycles. The molecule has 24 heavy (non-hydrogen) atoms. The molecule has 1 unspecified atom stereocenters. The second kappa shape index (κ2) is 7.33. The molecule has 1 fully saturated rings. The first-order valence-electron chi connectivity index (χ1n) is 8.76. The van der Waals surface area contributed by atoms with Crippen molar-refractivity contribution in [3.05, 3.63) is 23.4 Å². The smallest absolute Gasteiger partial charge is 0.244 e. The molecule has 132 valence electrons. The minimum Gasteiger partial charge on any atom is -0.337 e. The number of hydrogen-bond donors (Lipinski definition) is 0. The summed E-state index contributed by atoms with van der Waals surface area (Å²) in [6, 6.07) is 4.21. The molecule has 3 heterocycles. The SMILES string of the molecule is CC(c1nc(-c2cccs2)no1)N1CCN(CCC(C)(C)C)CC1. The first-order chi connectivity index (χ1) is 11.4. The summed E-state index contributed by atoms with van der Waals surface area (Å²) in [5, 5.41) is 6.17. The van der Waals surface area contributed by atoms with Crippen molar-refractivity contribution in [3.8, 4) is 10.7 Å². The van der Waals surface area contributed by atoms with Crippen LogP contribution in [-0.2, 0) is 0 Å². The van der Waals surface area contributed by atoms with Crippen molar-refractivity contribution in [2.24, 2.45) is 5.41 Å². The molecule has 1 saturated heterocycles. The first-order valence-corrected chi connectivity index (χ1v) is 9.64. The van der Waals surface area contributed by atoms with E-state index in [9.17, 15) is 0 Å². The van der Waals surface area contributed by atoms with Crippen LogP contribution in [0.4, 0.5) is 0 Å². The van der Waals surface area contributed by atoms with E-state index in [2.05, 4.69) is 47.6 Å². The average Bonchev–Trinajstić information content (AvgIpc) is 3.23. The van der Waals surface area contributed by atoms with E-state index >= 15 is 0 Å². The molecular formula is C18H28N4OS. The van der Waals surface area contributed by atoms with Crippen LogP contribution in [0.25, 0.3) is 10.7 Å². The fraction of sp³-hybridized carbons (Fsp3) is 0.667. The summed E-state index contributed by atoms with van der Waals surface area (Å²) >= 11 is 1.64. The number of thiophene rings is 1. The molecule has 6 heteroatoms. The first kappa shape index (κ1) is 17.6. The predicted molar refractivity (Wildman–Crippen MR) is 98.1 cm³/mol. The number of piperazine rings is 1. The monoisotopic (exact) mass is 348 g/mol. The summed E-state index contributed by atoms with van der Waals surface area (Å²) in [7, 11) is 0. The van der Waals surface area contributed by atoms with Gasteiger partial charge in [0.1, 0.15) is 0 Å². The Hall–Kier alpha value is -1.24. The van der Waals surface area contributed by atoms with Gasteiger partial charge >= 0.3 is 0 Å². The number of rotatable bonds is 5. The molecule has 0 saturated carbocycles. The fourth-order valence-corrected chi connectivity index (χ4v) is 3.58. The lowest BCUT2D eigenvalue weighted by Crippen LogP contribution is -2.47. The summed E-state index contributed by atoms with van der Waals surface area (Å²) in [5.74, 6) is 1.43. The van der Waals surface area contributed by atoms with Crippen molar-refractivity contribution >= 4 is 11.3 Å². The van der Waals surface area contributed by atoms with E-state index in [1.807, 2.05) is 17.5 Å². The Bertz CT molecular complexity index is 624. The van der Waals surface area contributed by atoms with Crippen molar-refractivity contribution in [1.29, 1.82) is 0 Å². The molecule has 3 rings (SSSR count). The summed E-state index contributed by atoms with van der Waals surface area (Å²) in [6.45, 7) is 14.6. The van der Waals surface area contributed by atoms with Gasteiger partial charge in [-0.2, -0.15) is 4.98 Å². The molecule has 1 atom stereocenters. The molecular weight excluding hydrogens is 320 g/mol. The van der Waals surface area contributed by atoms with Gasteiger partial charge in [-0.15, -0.1) is 11.3 Å². The number of aromatic nitrogens is 2. The van der Waals surface area contributed by atoms with Crippen LogP contribution in [0, 0.1) is 5.41 Å². The van der Waals surface area contributed by atoms with Crippen LogP contribution in [0.15, 0.2) is 22.0 Å². The minimum absolute atomic E-state index is 0.177. The van der Waals surface area contributed by atoms with Gasteiger partial charge in [-0.3, -0.25) is 4.90 Å². The third kappa shape index (κ3) is 4.43. The van der Waals surface area contributed by atoms with Crippen LogP contribution < -0.4 is 0 Å². The van der Waals surface area contributed by atoms with Crippen LogP contribution in [0.1, 0.15) is 46.0 Å². The maximum Gasteiger partial charge on any atom is 0.244 e. The van der Waals surface area contributed by atoms with E-state index < -0.39 is 0 Å². The topological polar surface area (TPSA) is 45.4 Å². The third-order valence-electron chi connectivity index (χ3n) is 4.67. The molecule has 0 spiro atoms. The van der Waals surface area contributed by atoms with Gasteiger partial charge in [0.25, 0.3) is 0 Å². The summed E-state index contributed by atoms with van der Waals surface area (Å²) in [4.78, 5) is 10.7. The van der Waals surface area contributed by atoms with Crippen molar-refractivity contribution in [1.82, 2.24) is 19.9 Å². The maximum atomic E-state index is 5.51. The van der Waals surface area contributed by atoms with Crippen LogP contribution in [0.2, 0.25) is 0 Å². The van der Waals surface area contributed by atoms with Crippen LogP contribution in [0.3, 0.4) is 0 Å². The van der Waals surface area contributed by atoms with Gasteiger partial charge in [-0.25, -0.2) is 0 Å². The molecule has 2 aromatic rings. The Kier molecular flexibility index (Phi) is 5.37. The molecule has 5 nitrogen and oxygen atoms in total. The third-order valence-corrected chi connectivity index (χ3v) is 5.54. The largest absolute Gasteiger partial charge is 0.337 e. The second-order valence-corrected chi connectivity index (χ2v) is 8.75. The summed E-state index contributed by atoms with van der Waals surface area (Å²) < 4.78 is 5.51. The maximum absolute atomic E-state index is 5.51. The minimum atomic E-state index is 0.177. The highest BCUT2D eigenvalue weighted by atomic mass is 32.1. The Balaban J connectivity index is 1.53. The molecule has 0 aliphatic carbocycles. The Morgan fingerprint density at radius 1 is 1.25 bits per heavy atom. The van der Waals surface area contributed by atoms with Gasteiger partial charge < -0.3 is 9.42 Å². The molecule has 0 radical (unpaired) electrons. The van der Waals surface area contributed by atoms with E-state index in [1.165, 1.54) is 13.0 Å². The summed E-state index contributed by atoms with van der Waals surface area (Å²) in [6.07, 6.45) is 1.25. The lowest BCUT2D eigenvalue weighted by molar-refractivity contribution is 0.0821. The van der Waals surface area contributed by atoms with Crippen LogP contribution in [-0.4, -0.2) is 52.7 Å². The molecule has 1 aliphatic rings. The zero-order valence-corrected chi connectivity index (χ0v) is 16.0. The zero-order chi connectivity index (χ0) is 17.2. The van der Waals surface area contributed by atoms with Crippen LogP contribution >= 0.6 is 11.3 Å². The highest BCUT2D eigenvalue weighted by Gasteiger charge is 2.26. The average molecular weight is 349 g/mol. The highest BCUT2D eigenvalue weighted by Crippen LogP contribution is 2.26. The van der Waals surface area contributed by atoms with E-state index in [0.717, 1.165) is 36.9 Å². The van der Waals surface area contributed by atoms with Crippen molar-refractivity contribution < 1.29 is 4.52 Å². The van der Waals surface area contributed by atoms with Gasteiger partial charge in [0.2, 0.25) is 11.7 Å². The van der Waals surface area contributed by atoms with E-state index in [0.29, 0.717) is 11.2 Å². The van der Waals surface area contributed by atoms with E-state index in [1.54, 1.807) is 11.3 Å². The number of nitrogens with zero attached hydrogens (tertiary/aromatic N) is 4. The Morgan fingerprint density at radius 3 is 2.62 bits per heavy atom. The molecule has 1 aliphatic heterocycles. The zero-order valence-electron chi connectivity index (χ0n) is 15.2. The van der Waals surface area contributed by atoms with Crippen molar-refractivity contribution in [2.75, 3.05) is 32.7 Å². The van der Waals surface area contributed by atoms with E-state index in [-0.39, 0.29) is 6.04 Å². The lowest BCUT2D eigenvalue weighted by atomic mass is 9.92. The second-order valence-electron chi connectivity index (χ2n) is 7.80. The van der Waals surface area contributed by atoms with Crippen LogP contribution in [0.5, 0.6) is 0 Å². The standard InChI is InChI=1S/C18H28N4OS/c1-14(17-19-16(20-23-17)15-6-5-13-24-15)22-11-9-21(10-12-22)8-7-18(2,3)4/h5-6,13-14H,7-12H2,1-4H3. The number of hydrogen-bond acceptors (Lipinski definition) is 6. The Morgan fingerprint density at radius 2 is 2.00 bits per heavy atom. The quantitative estimate of drug-likeness (QED) is 0.820. The van der Waals surface area contributed by atoms with Gasteiger partial charge in [-0.1, -0.05) is 32.0 Å². The van der Waals surface area contributed by atoms with Crippen molar-refractivity contribution in [3.63, 3.8) is 0 Å². The van der Waals surface area contributed by atoms with E-state index in [4.69, 9.17) is 4.52 Å². The van der Waals surface area contributed by atoms with Gasteiger partial charge in [0.15, 0.2) is 0 Å². The van der Waals surface area contributed by atoms with Gasteiger partial charge in [0, 0.05) is 26.2 Å². The highest BCUT2D eigenvalue weighted by molar-refractivity contribution is 7.13. The molecule has 2 aromatic heterocycles.